The van der Waals surface area contributed by atoms with Gasteiger partial charge < -0.3 is 15.2 Å². The Hall–Kier alpha value is -1.03. The molecular weight excluding hydrogens is 308 g/mol. The number of alkyl halides is 6. The van der Waals surface area contributed by atoms with E-state index in [-0.39, 0.29) is 19.3 Å². The molecule has 0 aromatic heterocycles. The normalized spacial score (nSPS) is 16.0. The lowest BCUT2D eigenvalue weighted by molar-refractivity contribution is -0.321. The monoisotopic (exact) mass is 325 g/mol. The Kier molecular flexibility index (Phi) is 6.94. The van der Waals surface area contributed by atoms with Gasteiger partial charge in [-0.1, -0.05) is 0 Å². The number of carbonyl (C=O) groups is 1. The van der Waals surface area contributed by atoms with E-state index in [4.69, 9.17) is 5.11 Å². The molecule has 0 aromatic rings. The lowest BCUT2D eigenvalue weighted by Gasteiger charge is -2.25. The first kappa shape index (κ1) is 20.0. The van der Waals surface area contributed by atoms with Gasteiger partial charge in [0.2, 0.25) is 6.10 Å². The summed E-state index contributed by atoms with van der Waals surface area (Å²) in [7, 11) is 1.40. The minimum atomic E-state index is -5.53. The maximum atomic E-state index is 12.1. The van der Waals surface area contributed by atoms with Crippen LogP contribution in [0.5, 0.6) is 0 Å². The van der Waals surface area contributed by atoms with Gasteiger partial charge in [0, 0.05) is 6.61 Å². The van der Waals surface area contributed by atoms with Gasteiger partial charge in [-0.15, -0.1) is 0 Å². The number of likely N-dealkylation sites (N-methyl/N-ethyl adjacent to an activating group) is 1. The number of aliphatic carboxylic acids is 1. The number of halogens is 6. The highest BCUT2D eigenvalue weighted by molar-refractivity contribution is 5.78. The van der Waals surface area contributed by atoms with Crippen LogP contribution in [0, 0.1) is 0 Å². The summed E-state index contributed by atoms with van der Waals surface area (Å²) in [6.07, 6.45) is -14.8. The van der Waals surface area contributed by atoms with Crippen molar-refractivity contribution in [3.05, 3.63) is 0 Å². The van der Waals surface area contributed by atoms with Crippen LogP contribution in [0.25, 0.3) is 0 Å². The molecule has 0 saturated heterocycles. The number of unbranched alkanes of at least 4 members (excludes halogenated alkanes) is 1. The van der Waals surface area contributed by atoms with Gasteiger partial charge in [0.25, 0.3) is 0 Å². The van der Waals surface area contributed by atoms with E-state index in [2.05, 4.69) is 10.1 Å². The average Bonchev–Trinajstić information content (AvgIpc) is 2.29. The van der Waals surface area contributed by atoms with E-state index in [1.807, 2.05) is 0 Å². The average molecular weight is 325 g/mol. The molecule has 0 heterocycles. The summed E-state index contributed by atoms with van der Waals surface area (Å²) in [5.74, 6) is -1.16. The highest BCUT2D eigenvalue weighted by Gasteiger charge is 2.57. The number of carboxylic acid groups (broad SMARTS) is 1. The predicted octanol–water partition coefficient (Wildman–Crippen LogP) is 2.73. The molecule has 0 fully saturated rings. The van der Waals surface area contributed by atoms with E-state index in [9.17, 15) is 31.1 Å². The number of hydrogen-bond acceptors (Lipinski definition) is 3. The summed E-state index contributed by atoms with van der Waals surface area (Å²) in [6.45, 7) is 0.605. The number of rotatable bonds is 8. The second kappa shape index (κ2) is 7.30. The minimum absolute atomic E-state index is 0.0465. The van der Waals surface area contributed by atoms with Crippen molar-refractivity contribution in [3.8, 4) is 0 Å². The molecule has 1 unspecified atom stereocenters. The molecule has 126 valence electrons. The molecule has 0 saturated carbocycles. The molecule has 0 aliphatic carbocycles. The highest BCUT2D eigenvalue weighted by Crippen LogP contribution is 2.35. The first-order valence-corrected chi connectivity index (χ1v) is 6.02. The molecule has 10 heteroatoms. The summed E-state index contributed by atoms with van der Waals surface area (Å²) >= 11 is 0. The zero-order valence-electron chi connectivity index (χ0n) is 11.4. The van der Waals surface area contributed by atoms with Crippen LogP contribution in [0.1, 0.15) is 26.2 Å². The van der Waals surface area contributed by atoms with Crippen molar-refractivity contribution in [1.29, 1.82) is 0 Å². The molecule has 0 radical (unpaired) electrons. The zero-order chi connectivity index (χ0) is 16.9. The summed E-state index contributed by atoms with van der Waals surface area (Å²) in [6, 6.07) is 0. The van der Waals surface area contributed by atoms with Gasteiger partial charge in [-0.3, -0.25) is 4.79 Å². The maximum Gasteiger partial charge on any atom is 0.423 e. The summed E-state index contributed by atoms with van der Waals surface area (Å²) in [5, 5.41) is 11.4. The molecular formula is C11H17F6NO3. The maximum absolute atomic E-state index is 12.1. The van der Waals surface area contributed by atoms with Gasteiger partial charge in [0.05, 0.1) is 0 Å². The van der Waals surface area contributed by atoms with Crippen LogP contribution in [0.4, 0.5) is 26.3 Å². The Balaban J connectivity index is 4.28. The quantitative estimate of drug-likeness (QED) is 0.532. The lowest BCUT2D eigenvalue weighted by Crippen LogP contribution is -2.47. The topological polar surface area (TPSA) is 58.6 Å². The van der Waals surface area contributed by atoms with Crippen LogP contribution >= 0.6 is 0 Å². The molecule has 21 heavy (non-hydrogen) atoms. The fraction of sp³-hybridized carbons (Fsp3) is 0.909. The summed E-state index contributed by atoms with van der Waals surface area (Å²) in [5.41, 5.74) is -1.28. The fourth-order valence-corrected chi connectivity index (χ4v) is 1.50. The first-order chi connectivity index (χ1) is 9.34. The first-order valence-electron chi connectivity index (χ1n) is 6.02. The predicted molar refractivity (Wildman–Crippen MR) is 60.8 cm³/mol. The Bertz CT molecular complexity index is 330. The van der Waals surface area contributed by atoms with Gasteiger partial charge >= 0.3 is 18.3 Å². The third-order valence-corrected chi connectivity index (χ3v) is 2.97. The van der Waals surface area contributed by atoms with Gasteiger partial charge in [-0.05, 0) is 33.2 Å². The van der Waals surface area contributed by atoms with Crippen molar-refractivity contribution in [2.75, 3.05) is 13.7 Å². The van der Waals surface area contributed by atoms with Crippen molar-refractivity contribution in [3.63, 3.8) is 0 Å². The van der Waals surface area contributed by atoms with Crippen LogP contribution in [0.2, 0.25) is 0 Å². The Morgan fingerprint density at radius 2 is 1.62 bits per heavy atom. The smallest absolute Gasteiger partial charge is 0.423 e. The third-order valence-electron chi connectivity index (χ3n) is 2.97. The molecule has 1 atom stereocenters. The molecule has 0 rings (SSSR count). The van der Waals surface area contributed by atoms with E-state index >= 15 is 0 Å². The fourth-order valence-electron chi connectivity index (χ4n) is 1.50. The molecule has 0 bridgehead atoms. The molecule has 0 aromatic carbocycles. The standard InChI is InChI=1S/C11H17F6NO3/c1-9(18-2,8(19)20)5-3-4-6-21-7(10(12,13)14)11(15,16)17/h7,18H,3-6H2,1-2H3,(H,19,20). The second-order valence-electron chi connectivity index (χ2n) is 4.68. The minimum Gasteiger partial charge on any atom is -0.480 e. The van der Waals surface area contributed by atoms with Crippen molar-refractivity contribution in [1.82, 2.24) is 5.32 Å². The van der Waals surface area contributed by atoms with Crippen LogP contribution in [-0.4, -0.2) is 48.7 Å². The largest absolute Gasteiger partial charge is 0.480 e. The number of nitrogens with one attached hydrogen (secondary N) is 1. The van der Waals surface area contributed by atoms with Gasteiger partial charge in [-0.2, -0.15) is 26.3 Å². The van der Waals surface area contributed by atoms with Crippen LogP contribution in [-0.2, 0) is 9.53 Å². The van der Waals surface area contributed by atoms with E-state index in [0.29, 0.717) is 0 Å². The van der Waals surface area contributed by atoms with Crippen molar-refractivity contribution in [2.24, 2.45) is 0 Å². The van der Waals surface area contributed by atoms with E-state index < -0.39 is 36.6 Å². The molecule has 0 aliphatic heterocycles. The molecule has 0 aliphatic rings. The summed E-state index contributed by atoms with van der Waals surface area (Å²) in [4.78, 5) is 10.9. The van der Waals surface area contributed by atoms with Crippen LogP contribution < -0.4 is 5.32 Å². The summed E-state index contributed by atoms with van der Waals surface area (Å²) < 4.78 is 76.7. The van der Waals surface area contributed by atoms with Crippen LogP contribution in [0.15, 0.2) is 0 Å². The number of ether oxygens (including phenoxy) is 1. The number of carboxylic acids is 1. The Morgan fingerprint density at radius 3 is 1.95 bits per heavy atom. The van der Waals surface area contributed by atoms with E-state index in [1.54, 1.807) is 0 Å². The van der Waals surface area contributed by atoms with Crippen molar-refractivity contribution >= 4 is 5.97 Å². The number of hydrogen-bond donors (Lipinski definition) is 2. The second-order valence-corrected chi connectivity index (χ2v) is 4.68. The van der Waals surface area contributed by atoms with Gasteiger partial charge in [0.15, 0.2) is 0 Å². The van der Waals surface area contributed by atoms with Gasteiger partial charge in [-0.25, -0.2) is 0 Å². The molecule has 4 nitrogen and oxygen atoms in total. The Morgan fingerprint density at radius 1 is 1.14 bits per heavy atom. The van der Waals surface area contributed by atoms with E-state index in [0.717, 1.165) is 0 Å². The highest BCUT2D eigenvalue weighted by atomic mass is 19.4. The van der Waals surface area contributed by atoms with E-state index in [1.165, 1.54) is 14.0 Å². The van der Waals surface area contributed by atoms with Gasteiger partial charge in [0.1, 0.15) is 5.54 Å². The van der Waals surface area contributed by atoms with Crippen LogP contribution in [0.3, 0.4) is 0 Å². The Labute approximate surface area is 117 Å². The molecule has 0 amide bonds. The molecule has 0 spiro atoms. The lowest BCUT2D eigenvalue weighted by atomic mass is 9.95. The molecule has 2 N–H and O–H groups in total. The van der Waals surface area contributed by atoms with Crippen molar-refractivity contribution < 1.29 is 41.0 Å². The SMILES string of the molecule is CNC(C)(CCCCOC(C(F)(F)F)C(F)(F)F)C(=O)O. The zero-order valence-corrected chi connectivity index (χ0v) is 11.4. The third kappa shape index (κ3) is 6.51. The van der Waals surface area contributed by atoms with Crippen molar-refractivity contribution in [2.45, 2.75) is 50.2 Å².